The van der Waals surface area contributed by atoms with Crippen molar-refractivity contribution < 1.29 is 39.9 Å². The molecule has 2 saturated heterocycles. The van der Waals surface area contributed by atoms with Crippen LogP contribution in [-0.2, 0) is 12.4 Å². The van der Waals surface area contributed by atoms with Crippen LogP contribution in [0.2, 0.25) is 0 Å². The lowest BCUT2D eigenvalue weighted by molar-refractivity contribution is -0.138. The molecule has 68 heavy (non-hydrogen) atoms. The Morgan fingerprint density at radius 2 is 1.25 bits per heavy atom. The summed E-state index contributed by atoms with van der Waals surface area (Å²) in [5.74, 6) is 0.518. The molecule has 0 saturated carbocycles. The number of pyridine rings is 2. The van der Waals surface area contributed by atoms with E-state index in [2.05, 4.69) is 40.4 Å². The molecule has 2 fully saturated rings. The molecular formula is C47H36F8N10OS2. The lowest BCUT2D eigenvalue weighted by Gasteiger charge is -2.35. The Bertz CT molecular complexity index is 3210. The van der Waals surface area contributed by atoms with Crippen molar-refractivity contribution in [3.63, 3.8) is 0 Å². The molecule has 4 aromatic heterocycles. The van der Waals surface area contributed by atoms with Crippen molar-refractivity contribution in [2.45, 2.75) is 37.3 Å². The number of thiazole rings is 2. The van der Waals surface area contributed by atoms with Gasteiger partial charge in [0.05, 0.1) is 60.4 Å². The molecule has 0 unspecified atom stereocenters. The highest BCUT2D eigenvalue weighted by atomic mass is 32.1. The molecule has 0 spiro atoms. The zero-order chi connectivity index (χ0) is 47.5. The summed E-state index contributed by atoms with van der Waals surface area (Å²) in [5.41, 5.74) is 8.80. The van der Waals surface area contributed by atoms with E-state index in [0.717, 1.165) is 95.5 Å². The fourth-order valence-electron chi connectivity index (χ4n) is 8.63. The summed E-state index contributed by atoms with van der Waals surface area (Å²) in [4.78, 5) is 36.8. The molecule has 8 heterocycles. The van der Waals surface area contributed by atoms with Crippen LogP contribution in [0.1, 0.15) is 24.0 Å². The Morgan fingerprint density at radius 1 is 0.662 bits per heavy atom. The van der Waals surface area contributed by atoms with Gasteiger partial charge in [-0.1, -0.05) is 46.9 Å². The van der Waals surface area contributed by atoms with Gasteiger partial charge in [-0.3, -0.25) is 10.2 Å². The minimum absolute atomic E-state index is 0.140. The third kappa shape index (κ3) is 9.14. The summed E-state index contributed by atoms with van der Waals surface area (Å²) in [6.45, 7) is 3.34. The van der Waals surface area contributed by atoms with Gasteiger partial charge in [-0.25, -0.2) is 33.5 Å². The van der Waals surface area contributed by atoms with Crippen molar-refractivity contribution >= 4 is 82.4 Å². The Balaban J connectivity index is 0.000000138. The molecule has 4 aromatic carbocycles. The quantitative estimate of drug-likeness (QED) is 0.148. The highest BCUT2D eigenvalue weighted by Crippen LogP contribution is 2.42. The van der Waals surface area contributed by atoms with Crippen LogP contribution in [-0.4, -0.2) is 64.2 Å². The number of hydrogen-bond donors (Lipinski definition) is 3. The number of aromatic nitrogens is 4. The predicted molar refractivity (Wildman–Crippen MR) is 249 cm³/mol. The first kappa shape index (κ1) is 44.7. The number of carbonyl (C=O) groups excluding carboxylic acids is 1. The summed E-state index contributed by atoms with van der Waals surface area (Å²) in [6.07, 6.45) is -7.02. The predicted octanol–water partition coefficient (Wildman–Crippen LogP) is 11.9. The summed E-state index contributed by atoms with van der Waals surface area (Å²) in [7, 11) is 0. The van der Waals surface area contributed by atoms with Crippen molar-refractivity contribution in [1.29, 1.82) is 0 Å². The van der Waals surface area contributed by atoms with Crippen molar-refractivity contribution in [3.8, 4) is 22.5 Å². The van der Waals surface area contributed by atoms with Gasteiger partial charge in [0.1, 0.15) is 11.6 Å². The largest absolute Gasteiger partial charge is 0.416 e. The first-order valence-electron chi connectivity index (χ1n) is 21.1. The van der Waals surface area contributed by atoms with Gasteiger partial charge in [0.25, 0.3) is 0 Å². The van der Waals surface area contributed by atoms with Crippen LogP contribution in [0, 0.1) is 11.6 Å². The minimum Gasteiger partial charge on any atom is -0.375 e. The molecular weight excluding hydrogens is 937 g/mol. The van der Waals surface area contributed by atoms with Crippen LogP contribution in [0.3, 0.4) is 0 Å². The van der Waals surface area contributed by atoms with E-state index in [1.807, 2.05) is 6.07 Å². The van der Waals surface area contributed by atoms with E-state index in [1.54, 1.807) is 47.4 Å². The van der Waals surface area contributed by atoms with E-state index in [0.29, 0.717) is 61.4 Å². The number of amides is 2. The topological polar surface area (TPSA) is 128 Å². The number of alkyl halides is 6. The third-order valence-electron chi connectivity index (χ3n) is 11.8. The second-order valence-electron chi connectivity index (χ2n) is 16.3. The average Bonchev–Trinajstić information content (AvgIpc) is 4.11. The molecule has 2 amide bonds. The number of rotatable bonds is 3. The van der Waals surface area contributed by atoms with Gasteiger partial charge in [0.15, 0.2) is 21.9 Å². The van der Waals surface area contributed by atoms with E-state index >= 15 is 0 Å². The van der Waals surface area contributed by atoms with Gasteiger partial charge in [-0.05, 0) is 97.8 Å². The number of fused-ring (bicyclic) bond motifs is 10. The number of carbonyl (C=O) groups is 1. The van der Waals surface area contributed by atoms with Crippen LogP contribution in [0.25, 0.3) is 42.9 Å². The first-order chi connectivity index (χ1) is 32.5. The number of nitrogens with two attached hydrogens (primary N) is 1. The molecule has 4 aliphatic heterocycles. The monoisotopic (exact) mass is 972 g/mol. The standard InChI is InChI=1S/C24H17F4N5OS.C16H14F3N3.C7H5FN2S/c25-15-4-5-18-20(11-15)35-22(30-18)31-23(34)33-16-8-9-32(12-16)19-7-6-17(29-21(19)33)13-2-1-3-14(10-13)24(26,27)28;17-16(18,19)11-3-1-2-10(8-11)13-4-5-14-15(21-13)20-12-6-7-22(14)9-12;8-4-1-2-5-6(3-4)11-7(9)10-5/h1-7,10-11,16H,8-9,12H2,(H,30,31,34);1-5,8,12H,6-7,9H2,(H,20,21);1-3H,(H2,9,10)/t16-;12-;/m00./s1. The summed E-state index contributed by atoms with van der Waals surface area (Å²) < 4.78 is 106. The maximum atomic E-state index is 13.5. The van der Waals surface area contributed by atoms with Crippen molar-refractivity contribution in [3.05, 3.63) is 132 Å². The normalized spacial score (nSPS) is 16.9. The molecule has 8 aromatic rings. The van der Waals surface area contributed by atoms with Gasteiger partial charge in [-0.2, -0.15) is 26.3 Å². The fourth-order valence-corrected chi connectivity index (χ4v) is 10.3. The van der Waals surface area contributed by atoms with Gasteiger partial charge < -0.3 is 20.9 Å². The summed E-state index contributed by atoms with van der Waals surface area (Å²) in [5, 5.41) is 6.97. The number of hydrogen-bond acceptors (Lipinski definition) is 11. The number of halogens is 8. The maximum Gasteiger partial charge on any atom is 0.416 e. The maximum absolute atomic E-state index is 13.5. The molecule has 4 N–H and O–H groups in total. The van der Waals surface area contributed by atoms with Crippen LogP contribution in [0.15, 0.2) is 109 Å². The molecule has 12 rings (SSSR count). The average molecular weight is 973 g/mol. The molecule has 348 valence electrons. The van der Waals surface area contributed by atoms with Gasteiger partial charge in [0.2, 0.25) is 0 Å². The minimum atomic E-state index is -4.47. The Kier molecular flexibility index (Phi) is 11.5. The Hall–Kier alpha value is -7.13. The van der Waals surface area contributed by atoms with Crippen LogP contribution in [0.4, 0.5) is 73.2 Å². The van der Waals surface area contributed by atoms with E-state index in [4.69, 9.17) is 5.73 Å². The van der Waals surface area contributed by atoms with Crippen molar-refractivity contribution in [1.82, 2.24) is 19.9 Å². The smallest absolute Gasteiger partial charge is 0.375 e. The van der Waals surface area contributed by atoms with E-state index in [9.17, 15) is 39.9 Å². The van der Waals surface area contributed by atoms with Crippen LogP contribution >= 0.6 is 22.7 Å². The Labute approximate surface area is 389 Å². The molecule has 4 bridgehead atoms. The third-order valence-corrected chi connectivity index (χ3v) is 13.6. The van der Waals surface area contributed by atoms with E-state index in [1.165, 1.54) is 47.7 Å². The Morgan fingerprint density at radius 3 is 1.91 bits per heavy atom. The first-order valence-corrected chi connectivity index (χ1v) is 22.8. The fraction of sp³-hybridized carbons (Fsp3) is 0.213. The van der Waals surface area contributed by atoms with E-state index < -0.39 is 29.5 Å². The highest BCUT2D eigenvalue weighted by Gasteiger charge is 2.41. The second kappa shape index (κ2) is 17.5. The van der Waals surface area contributed by atoms with E-state index in [-0.39, 0.29) is 17.7 Å². The summed E-state index contributed by atoms with van der Waals surface area (Å²) in [6, 6.07) is 25.9. The zero-order valence-electron chi connectivity index (χ0n) is 35.2. The number of urea groups is 1. The molecule has 4 aliphatic rings. The number of anilines is 6. The molecule has 0 radical (unpaired) electrons. The number of nitrogens with zero attached hydrogens (tertiary/aromatic N) is 7. The molecule has 21 heteroatoms. The van der Waals surface area contributed by atoms with Gasteiger partial charge in [0, 0.05) is 43.3 Å². The molecule has 2 atom stereocenters. The summed E-state index contributed by atoms with van der Waals surface area (Å²) >= 11 is 2.45. The second-order valence-corrected chi connectivity index (χ2v) is 18.4. The lowest BCUT2D eigenvalue weighted by Crippen LogP contribution is -2.48. The highest BCUT2D eigenvalue weighted by molar-refractivity contribution is 7.22. The zero-order valence-corrected chi connectivity index (χ0v) is 36.9. The molecule has 0 aliphatic carbocycles. The molecule has 11 nitrogen and oxygen atoms in total. The van der Waals surface area contributed by atoms with Crippen molar-refractivity contribution in [2.75, 3.05) is 57.2 Å². The van der Waals surface area contributed by atoms with Crippen molar-refractivity contribution in [2.24, 2.45) is 0 Å². The van der Waals surface area contributed by atoms with Gasteiger partial charge >= 0.3 is 18.4 Å². The SMILES string of the molecule is FC(F)(F)c1cccc(-c2ccc3c(n2)N[C@H]2CCN3C2)c1.Nc1nc2ccc(F)cc2s1.O=C(Nc1nc2ccc(F)cc2s1)N1c2nc(-c3cccc(C(F)(F)F)c3)ccc2N2CC[C@H]1C2. The number of nitrogens with one attached hydrogen (secondary N) is 2. The van der Waals surface area contributed by atoms with Crippen LogP contribution in [0.5, 0.6) is 0 Å². The van der Waals surface area contributed by atoms with Gasteiger partial charge in [-0.15, -0.1) is 0 Å². The lowest BCUT2D eigenvalue weighted by atomic mass is 10.1. The number of nitrogen functional groups attached to an aromatic ring is 1. The number of benzene rings is 4. The van der Waals surface area contributed by atoms with Crippen LogP contribution < -0.4 is 31.1 Å².